The minimum atomic E-state index is -1.40. The van der Waals surface area contributed by atoms with Gasteiger partial charge in [0.1, 0.15) is 0 Å². The third-order valence-electron chi connectivity index (χ3n) is 1.76. The molecule has 1 saturated heterocycles. The number of carboxylic acid groups (broad SMARTS) is 1. The number of carbonyl (C=O) groups is 1. The second kappa shape index (κ2) is 3.19. The maximum absolute atomic E-state index is 10.2. The molecule has 0 aliphatic carbocycles. The zero-order valence-corrected chi connectivity index (χ0v) is 6.25. The van der Waals surface area contributed by atoms with E-state index < -0.39 is 11.8 Å². The fourth-order valence-electron chi connectivity index (χ4n) is 1.21. The highest BCUT2D eigenvalue weighted by atomic mass is 16.6. The van der Waals surface area contributed by atoms with Crippen LogP contribution in [0.5, 0.6) is 0 Å². The lowest BCUT2D eigenvalue weighted by molar-refractivity contribution is -0.230. The van der Waals surface area contributed by atoms with Crippen LogP contribution in [0.4, 0.5) is 0 Å². The van der Waals surface area contributed by atoms with E-state index in [9.17, 15) is 9.90 Å². The number of rotatable bonds is 2. The summed E-state index contributed by atoms with van der Waals surface area (Å²) in [5, 5.41) is 17.8. The lowest BCUT2D eigenvalue weighted by atomic mass is 10.0. The van der Waals surface area contributed by atoms with Crippen LogP contribution in [-0.2, 0) is 9.53 Å². The van der Waals surface area contributed by atoms with E-state index in [4.69, 9.17) is 9.84 Å². The van der Waals surface area contributed by atoms with Crippen LogP contribution in [0.2, 0.25) is 0 Å². The molecule has 2 N–H and O–H groups in total. The van der Waals surface area contributed by atoms with Crippen LogP contribution in [0, 0.1) is 0 Å². The molecule has 11 heavy (non-hydrogen) atoms. The Morgan fingerprint density at radius 2 is 2.27 bits per heavy atom. The molecule has 0 amide bonds. The summed E-state index contributed by atoms with van der Waals surface area (Å²) in [7, 11) is 0. The van der Waals surface area contributed by atoms with Crippen LogP contribution in [-0.4, -0.2) is 28.6 Å². The fraction of sp³-hybridized carbons (Fsp3) is 0.857. The zero-order valence-electron chi connectivity index (χ0n) is 6.25. The van der Waals surface area contributed by atoms with Gasteiger partial charge in [-0.2, -0.15) is 0 Å². The summed E-state index contributed by atoms with van der Waals surface area (Å²) in [6.07, 6.45) is 1.86. The van der Waals surface area contributed by atoms with Gasteiger partial charge in [-0.1, -0.05) is 0 Å². The molecular formula is C7H12O4. The van der Waals surface area contributed by atoms with Gasteiger partial charge in [0.2, 0.25) is 0 Å². The summed E-state index contributed by atoms with van der Waals surface area (Å²) in [6.45, 7) is 0.462. The van der Waals surface area contributed by atoms with E-state index in [2.05, 4.69) is 0 Å². The average Bonchev–Trinajstić information content (AvgIpc) is 1.85. The number of aliphatic carboxylic acids is 1. The SMILES string of the molecule is O=C(O)CC1(O)CCCCO1. The Balaban J connectivity index is 2.43. The number of hydrogen-bond donors (Lipinski definition) is 2. The summed E-state index contributed by atoms with van der Waals surface area (Å²) < 4.78 is 4.95. The van der Waals surface area contributed by atoms with Gasteiger partial charge >= 0.3 is 5.97 Å². The lowest BCUT2D eigenvalue weighted by Gasteiger charge is -2.30. The molecule has 1 aliphatic rings. The van der Waals surface area contributed by atoms with E-state index in [0.29, 0.717) is 13.0 Å². The Morgan fingerprint density at radius 1 is 1.55 bits per heavy atom. The van der Waals surface area contributed by atoms with E-state index in [1.165, 1.54) is 0 Å². The van der Waals surface area contributed by atoms with Crippen LogP contribution in [0.25, 0.3) is 0 Å². The van der Waals surface area contributed by atoms with Crippen LogP contribution < -0.4 is 0 Å². The third-order valence-corrected chi connectivity index (χ3v) is 1.76. The van der Waals surface area contributed by atoms with E-state index >= 15 is 0 Å². The van der Waals surface area contributed by atoms with Gasteiger partial charge in [-0.05, 0) is 12.8 Å². The van der Waals surface area contributed by atoms with Crippen LogP contribution in [0.1, 0.15) is 25.7 Å². The van der Waals surface area contributed by atoms with Crippen LogP contribution in [0.3, 0.4) is 0 Å². The number of ether oxygens (including phenoxy) is 1. The minimum Gasteiger partial charge on any atom is -0.481 e. The molecule has 0 aromatic carbocycles. The topological polar surface area (TPSA) is 66.8 Å². The molecule has 1 atom stereocenters. The first-order chi connectivity index (χ1) is 5.12. The molecular weight excluding hydrogens is 148 g/mol. The van der Waals surface area contributed by atoms with Gasteiger partial charge in [0.05, 0.1) is 13.0 Å². The van der Waals surface area contributed by atoms with Crippen molar-refractivity contribution in [3.63, 3.8) is 0 Å². The van der Waals surface area contributed by atoms with Gasteiger partial charge < -0.3 is 14.9 Å². The first-order valence-electron chi connectivity index (χ1n) is 3.70. The third kappa shape index (κ3) is 2.48. The van der Waals surface area contributed by atoms with Crippen molar-refractivity contribution in [1.29, 1.82) is 0 Å². The summed E-state index contributed by atoms with van der Waals surface area (Å²) in [5.74, 6) is -2.42. The van der Waals surface area contributed by atoms with Crippen molar-refractivity contribution in [3.05, 3.63) is 0 Å². The normalized spacial score (nSPS) is 31.7. The van der Waals surface area contributed by atoms with Gasteiger partial charge in [0.25, 0.3) is 0 Å². The molecule has 1 unspecified atom stereocenters. The molecule has 1 fully saturated rings. The van der Waals surface area contributed by atoms with Crippen molar-refractivity contribution < 1.29 is 19.7 Å². The largest absolute Gasteiger partial charge is 0.481 e. The second-order valence-electron chi connectivity index (χ2n) is 2.82. The van der Waals surface area contributed by atoms with E-state index in [1.807, 2.05) is 0 Å². The second-order valence-corrected chi connectivity index (χ2v) is 2.82. The van der Waals surface area contributed by atoms with Gasteiger partial charge in [-0.25, -0.2) is 0 Å². The standard InChI is InChI=1S/C7H12O4/c8-6(9)5-7(10)3-1-2-4-11-7/h10H,1-5H2,(H,8,9). The molecule has 1 rings (SSSR count). The number of hydrogen-bond acceptors (Lipinski definition) is 3. The quantitative estimate of drug-likeness (QED) is 0.611. The zero-order chi connectivity index (χ0) is 8.32. The number of aliphatic hydroxyl groups is 1. The highest BCUT2D eigenvalue weighted by Gasteiger charge is 2.32. The monoisotopic (exact) mass is 160 g/mol. The highest BCUT2D eigenvalue weighted by Crippen LogP contribution is 2.24. The summed E-state index contributed by atoms with van der Waals surface area (Å²) in [4.78, 5) is 10.2. The van der Waals surface area contributed by atoms with Gasteiger partial charge in [-0.15, -0.1) is 0 Å². The van der Waals surface area contributed by atoms with E-state index in [1.54, 1.807) is 0 Å². The Bertz CT molecular complexity index is 149. The average molecular weight is 160 g/mol. The maximum atomic E-state index is 10.2. The molecule has 0 spiro atoms. The Morgan fingerprint density at radius 3 is 2.73 bits per heavy atom. The minimum absolute atomic E-state index is 0.312. The molecule has 1 aliphatic heterocycles. The Hall–Kier alpha value is -0.610. The summed E-state index contributed by atoms with van der Waals surface area (Å²) >= 11 is 0. The molecule has 0 aromatic heterocycles. The molecule has 4 heteroatoms. The highest BCUT2D eigenvalue weighted by molar-refractivity contribution is 5.67. The van der Waals surface area contributed by atoms with Crippen molar-refractivity contribution >= 4 is 5.97 Å². The van der Waals surface area contributed by atoms with E-state index in [0.717, 1.165) is 12.8 Å². The predicted octanol–water partition coefficient (Wildman–Crippen LogP) is 0.350. The molecule has 0 aromatic rings. The predicted molar refractivity (Wildman–Crippen MR) is 37.0 cm³/mol. The van der Waals surface area contributed by atoms with Crippen molar-refractivity contribution in [2.24, 2.45) is 0 Å². The first kappa shape index (κ1) is 8.49. The van der Waals surface area contributed by atoms with Crippen molar-refractivity contribution in [3.8, 4) is 0 Å². The summed E-state index contributed by atoms with van der Waals surface area (Å²) in [6, 6.07) is 0. The molecule has 64 valence electrons. The molecule has 4 nitrogen and oxygen atoms in total. The molecule has 1 heterocycles. The van der Waals surface area contributed by atoms with Crippen molar-refractivity contribution in [2.75, 3.05) is 6.61 Å². The van der Waals surface area contributed by atoms with Gasteiger partial charge in [0, 0.05) is 6.42 Å². The lowest BCUT2D eigenvalue weighted by Crippen LogP contribution is -2.38. The Labute approximate surface area is 64.8 Å². The van der Waals surface area contributed by atoms with E-state index in [-0.39, 0.29) is 6.42 Å². The number of carboxylic acids is 1. The van der Waals surface area contributed by atoms with Crippen molar-refractivity contribution in [1.82, 2.24) is 0 Å². The molecule has 0 radical (unpaired) electrons. The summed E-state index contributed by atoms with van der Waals surface area (Å²) in [5.41, 5.74) is 0. The Kier molecular flexibility index (Phi) is 2.46. The van der Waals surface area contributed by atoms with Crippen LogP contribution >= 0.6 is 0 Å². The van der Waals surface area contributed by atoms with Gasteiger partial charge in [-0.3, -0.25) is 4.79 Å². The smallest absolute Gasteiger partial charge is 0.308 e. The first-order valence-corrected chi connectivity index (χ1v) is 3.70. The molecule has 0 bridgehead atoms. The van der Waals surface area contributed by atoms with Crippen molar-refractivity contribution in [2.45, 2.75) is 31.5 Å². The maximum Gasteiger partial charge on any atom is 0.308 e. The van der Waals surface area contributed by atoms with Crippen LogP contribution in [0.15, 0.2) is 0 Å². The fourth-order valence-corrected chi connectivity index (χ4v) is 1.21. The van der Waals surface area contributed by atoms with Gasteiger partial charge in [0.15, 0.2) is 5.79 Å². The molecule has 0 saturated carbocycles.